The zero-order chi connectivity index (χ0) is 65.9. The molecule has 0 radical (unpaired) electrons. The Hall–Kier alpha value is -10.3. The number of benzene rings is 8. The summed E-state index contributed by atoms with van der Waals surface area (Å²) in [5.41, 5.74) is -0.268. The summed E-state index contributed by atoms with van der Waals surface area (Å²) in [6, 6.07) is 25.5. The summed E-state index contributed by atoms with van der Waals surface area (Å²) in [5, 5.41) is 12.2. The van der Waals surface area contributed by atoms with Gasteiger partial charge in [-0.2, -0.15) is 0 Å². The zero-order valence-electron chi connectivity index (χ0n) is 43.6. The fourth-order valence-corrected chi connectivity index (χ4v) is 10.1. The van der Waals surface area contributed by atoms with Crippen molar-refractivity contribution in [3.63, 3.8) is 0 Å². The second-order valence-electron chi connectivity index (χ2n) is 17.6. The number of rotatable bonds is 22. The Morgan fingerprint density at radius 1 is 0.278 bits per heavy atom. The molecule has 8 rings (SSSR count). The maximum atomic E-state index is 13.4. The molecule has 0 fully saturated rings. The van der Waals surface area contributed by atoms with E-state index < -0.39 is 159 Å². The van der Waals surface area contributed by atoms with Crippen molar-refractivity contribution in [3.05, 3.63) is 168 Å². The number of anilines is 6. The first-order chi connectivity index (χ1) is 41.8. The molecular formula is C49H30N6O29S6-6. The van der Waals surface area contributed by atoms with Crippen LogP contribution in [0.4, 0.5) is 38.9 Å². The lowest BCUT2D eigenvalue weighted by atomic mass is 10.1. The van der Waals surface area contributed by atoms with Crippen LogP contribution in [0.25, 0.3) is 21.5 Å². The second-order valence-corrected chi connectivity index (χ2v) is 23.5. The maximum absolute atomic E-state index is 13.4. The molecule has 0 aliphatic carbocycles. The molecule has 90 heavy (non-hydrogen) atoms. The summed E-state index contributed by atoms with van der Waals surface area (Å²) in [6.07, 6.45) is 0. The molecule has 0 aromatic heterocycles. The van der Waals surface area contributed by atoms with E-state index in [0.717, 1.165) is 24.3 Å². The van der Waals surface area contributed by atoms with Crippen molar-refractivity contribution in [3.8, 4) is 34.5 Å². The van der Waals surface area contributed by atoms with Crippen LogP contribution in [0.15, 0.2) is 146 Å². The summed E-state index contributed by atoms with van der Waals surface area (Å²) < 4.78 is 232. The predicted molar refractivity (Wildman–Crippen MR) is 300 cm³/mol. The van der Waals surface area contributed by atoms with Crippen molar-refractivity contribution < 1.29 is 127 Å². The van der Waals surface area contributed by atoms with Gasteiger partial charge in [-0.3, -0.25) is 19.2 Å². The lowest BCUT2D eigenvalue weighted by molar-refractivity contribution is 0.101. The highest BCUT2D eigenvalue weighted by atomic mass is 32.3. The molecule has 472 valence electrons. The van der Waals surface area contributed by atoms with E-state index in [1.165, 1.54) is 97.1 Å². The van der Waals surface area contributed by atoms with Gasteiger partial charge in [-0.25, -0.2) is 55.3 Å². The van der Waals surface area contributed by atoms with Crippen LogP contribution >= 0.6 is 0 Å². The van der Waals surface area contributed by atoms with E-state index in [1.54, 1.807) is 0 Å². The number of carbonyl (C=O) groups excluding carboxylic acids is 5. The first-order valence-electron chi connectivity index (χ1n) is 23.7. The van der Waals surface area contributed by atoms with E-state index in [9.17, 15) is 102 Å². The van der Waals surface area contributed by atoms with E-state index in [4.69, 9.17) is 0 Å². The van der Waals surface area contributed by atoms with E-state index in [-0.39, 0.29) is 45.0 Å². The number of urea groups is 1. The molecule has 0 heterocycles. The smallest absolute Gasteiger partial charge is 0.323 e. The van der Waals surface area contributed by atoms with Gasteiger partial charge in [0.05, 0.1) is 22.1 Å². The van der Waals surface area contributed by atoms with Gasteiger partial charge in [0, 0.05) is 67.9 Å². The minimum Gasteiger partial charge on any atom is -0.716 e. The SMILES string of the molecule is O=C(Nc1ccc(C(=O)Nc2ccc(C(=O)Nc3ccc(OS(=O)(=O)[O-])c4cc(OS(=O)(=O)[O-])cc(OS(=O)(=O)[O-])c34)cc2)cc1)Nc1ccc(C(=O)Nc2ccc(C(=O)Nc3ccc(OS(=O)(=O)[O-])c4cc(OS(=O)(=O)[O-])cc(OS(=O)(=O)[O-])c34)cc2)cc1. The third-order valence-electron chi connectivity index (χ3n) is 11.3. The van der Waals surface area contributed by atoms with Gasteiger partial charge in [-0.15, -0.1) is 0 Å². The quantitative estimate of drug-likeness (QED) is 0.0416. The molecule has 0 atom stereocenters. The van der Waals surface area contributed by atoms with Crippen molar-refractivity contribution >= 4 is 148 Å². The Kier molecular flexibility index (Phi) is 18.5. The highest BCUT2D eigenvalue weighted by Crippen LogP contribution is 2.44. The molecule has 0 saturated heterocycles. The standard InChI is InChI=1S/C49H36N6O29S6/c56-45(50-29-9-1-27(2-10-29)47(58)54-37-17-19-39(81-87(67,68)69)35-21-33(79-85(61,62)63)23-41(43(35)37)83-89(73,74)75)25-5-13-31(14-6-25)52-49(60)53-32-15-7-26(8-16-32)46(57)51-30-11-3-28(4-12-30)48(59)55-38-18-20-40(82-88(70,71)72)36-22-34(80-86(64,65)66)24-42(44(36)38)84-90(76,77)78/h1-24H,(H,50,56)(H,51,57)(H,54,58)(H,55,59)(H2,52,53,60)(H,61,62,63)(H,64,65,66)(H,67,68,69)(H,70,71,72)(H,73,74,75)(H,76,77,78)/p-6. The predicted octanol–water partition coefficient (Wildman–Crippen LogP) is 3.68. The monoisotopic (exact) mass is 1360 g/mol. The Bertz CT molecular complexity index is 4650. The van der Waals surface area contributed by atoms with Gasteiger partial charge >= 0.3 is 6.03 Å². The normalized spacial score (nSPS) is 12.0. The highest BCUT2D eigenvalue weighted by Gasteiger charge is 2.24. The molecule has 6 N–H and O–H groups in total. The van der Waals surface area contributed by atoms with Gasteiger partial charge in [0.1, 0.15) is 23.0 Å². The van der Waals surface area contributed by atoms with Crippen molar-refractivity contribution in [2.45, 2.75) is 0 Å². The van der Waals surface area contributed by atoms with Gasteiger partial charge in [0.2, 0.25) is 0 Å². The number of carbonyl (C=O) groups is 5. The maximum Gasteiger partial charge on any atom is 0.323 e. The van der Waals surface area contributed by atoms with Crippen molar-refractivity contribution in [2.24, 2.45) is 0 Å². The van der Waals surface area contributed by atoms with Gasteiger partial charge in [0.15, 0.2) is 11.5 Å². The summed E-state index contributed by atoms with van der Waals surface area (Å²) in [4.78, 5) is 65.9. The summed E-state index contributed by atoms with van der Waals surface area (Å²) in [5.74, 6) is -9.41. The summed E-state index contributed by atoms with van der Waals surface area (Å²) in [7, 11) is -33.8. The molecule has 41 heteroatoms. The first kappa shape index (κ1) is 65.7. The second kappa shape index (κ2) is 25.4. The lowest BCUT2D eigenvalue weighted by Crippen LogP contribution is -2.20. The number of hydrogen-bond acceptors (Lipinski definition) is 29. The van der Waals surface area contributed by atoms with Crippen molar-refractivity contribution in [2.75, 3.05) is 31.9 Å². The highest BCUT2D eigenvalue weighted by molar-refractivity contribution is 7.82. The Morgan fingerprint density at radius 2 is 0.522 bits per heavy atom. The molecule has 8 aromatic rings. The topological polar surface area (TPSA) is 556 Å². The number of hydrogen-bond donors (Lipinski definition) is 6. The molecule has 0 spiro atoms. The van der Waals surface area contributed by atoms with Gasteiger partial charge in [-0.1, -0.05) is 0 Å². The molecule has 0 aliphatic rings. The van der Waals surface area contributed by atoms with Crippen molar-refractivity contribution in [1.82, 2.24) is 0 Å². The van der Waals surface area contributed by atoms with Crippen LogP contribution in [-0.2, 0) is 62.4 Å². The van der Waals surface area contributed by atoms with Gasteiger partial charge < -0.3 is 84.3 Å². The average Bonchev–Trinajstić information content (AvgIpc) is 0.775. The van der Waals surface area contributed by atoms with E-state index >= 15 is 0 Å². The molecule has 8 aromatic carbocycles. The van der Waals surface area contributed by atoms with Crippen LogP contribution in [0.1, 0.15) is 41.4 Å². The minimum atomic E-state index is -5.72. The molecule has 0 aliphatic heterocycles. The molecule has 0 saturated carbocycles. The Morgan fingerprint density at radius 3 is 0.789 bits per heavy atom. The third kappa shape index (κ3) is 18.4. The third-order valence-corrected chi connectivity index (χ3v) is 13.6. The largest absolute Gasteiger partial charge is 0.716 e. The molecule has 0 bridgehead atoms. The number of nitrogens with one attached hydrogen (secondary N) is 6. The molecule has 6 amide bonds. The number of fused-ring (bicyclic) bond motifs is 2. The summed E-state index contributed by atoms with van der Waals surface area (Å²) >= 11 is 0. The first-order valence-corrected chi connectivity index (χ1v) is 31.7. The van der Waals surface area contributed by atoms with E-state index in [2.05, 4.69) is 57.0 Å². The Balaban J connectivity index is 0.854. The van der Waals surface area contributed by atoms with Crippen LogP contribution in [0.2, 0.25) is 0 Å². The molecule has 0 unspecified atom stereocenters. The molecule has 35 nitrogen and oxygen atoms in total. The van der Waals surface area contributed by atoms with Crippen molar-refractivity contribution in [1.29, 1.82) is 0 Å². The van der Waals surface area contributed by atoms with Crippen LogP contribution in [-0.4, -0.2) is 107 Å². The average molecular weight is 1360 g/mol. The van der Waals surface area contributed by atoms with Gasteiger partial charge in [0.25, 0.3) is 86.0 Å². The minimum absolute atomic E-state index is 0.0901. The summed E-state index contributed by atoms with van der Waals surface area (Å²) in [6.45, 7) is 0. The van der Waals surface area contributed by atoms with Crippen LogP contribution in [0.3, 0.4) is 0 Å². The fourth-order valence-electron chi connectivity index (χ4n) is 7.95. The van der Waals surface area contributed by atoms with Crippen LogP contribution in [0, 0.1) is 0 Å². The van der Waals surface area contributed by atoms with Gasteiger partial charge in [-0.05, 0) is 133 Å². The van der Waals surface area contributed by atoms with E-state index in [0.29, 0.717) is 24.3 Å². The van der Waals surface area contributed by atoms with E-state index in [1.807, 2.05) is 0 Å². The van der Waals surface area contributed by atoms with Crippen LogP contribution in [0.5, 0.6) is 34.5 Å². The fraction of sp³-hybridized carbons (Fsp3) is 0. The zero-order valence-corrected chi connectivity index (χ0v) is 48.5. The Labute approximate surface area is 506 Å². The molecular weight excluding hydrogens is 1330 g/mol. The lowest BCUT2D eigenvalue weighted by Gasteiger charge is -2.19. The number of amides is 6. The van der Waals surface area contributed by atoms with Crippen LogP contribution < -0.4 is 57.0 Å².